The molecule has 0 saturated carbocycles. The van der Waals surface area contributed by atoms with Crippen LogP contribution in [0.25, 0.3) is 0 Å². The Hall–Kier alpha value is -1.59. The van der Waals surface area contributed by atoms with Crippen LogP contribution < -0.4 is 5.32 Å². The Morgan fingerprint density at radius 1 is 0.559 bits per heavy atom. The van der Waals surface area contributed by atoms with Crippen LogP contribution in [-0.4, -0.2) is 87.5 Å². The summed E-state index contributed by atoms with van der Waals surface area (Å²) in [4.78, 5) is 13.0. The molecule has 0 aromatic heterocycles. The van der Waals surface area contributed by atoms with E-state index in [9.17, 15) is 30.3 Å². The van der Waals surface area contributed by atoms with Gasteiger partial charge in [0, 0.05) is 6.42 Å². The molecule has 9 nitrogen and oxygen atoms in total. The summed E-state index contributed by atoms with van der Waals surface area (Å²) in [7, 11) is 0. The lowest BCUT2D eigenvalue weighted by atomic mass is 9.99. The zero-order chi connectivity index (χ0) is 43.0. The van der Waals surface area contributed by atoms with Gasteiger partial charge in [-0.25, -0.2) is 0 Å². The third kappa shape index (κ3) is 31.0. The first kappa shape index (κ1) is 55.4. The van der Waals surface area contributed by atoms with Crippen LogP contribution in [0.1, 0.15) is 219 Å². The van der Waals surface area contributed by atoms with Crippen molar-refractivity contribution in [2.24, 2.45) is 0 Å². The molecule has 0 radical (unpaired) electrons. The highest BCUT2D eigenvalue weighted by molar-refractivity contribution is 5.76. The van der Waals surface area contributed by atoms with Gasteiger partial charge in [0.1, 0.15) is 24.4 Å². The van der Waals surface area contributed by atoms with E-state index in [1.165, 1.54) is 161 Å². The first-order valence-corrected chi connectivity index (χ1v) is 24.7. The molecular weight excluding hydrogens is 743 g/mol. The molecule has 1 heterocycles. The minimum Gasteiger partial charge on any atom is -0.394 e. The molecule has 1 rings (SSSR count). The molecule has 9 heteroatoms. The van der Waals surface area contributed by atoms with E-state index >= 15 is 0 Å². The fourth-order valence-electron chi connectivity index (χ4n) is 7.70. The standard InChI is InChI=1S/C50H93NO8/c1-3-5-7-9-11-13-15-17-19-20-21-22-23-24-26-28-30-32-34-36-38-40-46(54)51-43(42-58-50-49(57)48(56)47(55)45(41-52)59-50)44(53)39-37-35-33-31-29-27-25-18-16-14-12-10-8-6-4-2/h17,19,29,31,37,39,43-45,47-50,52-53,55-57H,3-16,18,20-28,30,32-36,38,40-42H2,1-2H3,(H,51,54)/b19-17+,31-29+,39-37+/t43-,44+,45-,47-,48?,49?,50-/m0/s1. The maximum atomic E-state index is 13.0. The quantitative estimate of drug-likeness (QED) is 0.0263. The molecule has 7 atom stereocenters. The molecule has 346 valence electrons. The maximum Gasteiger partial charge on any atom is 0.220 e. The Morgan fingerprint density at radius 3 is 1.42 bits per heavy atom. The number of carbonyl (C=O) groups excluding carboxylic acids is 1. The van der Waals surface area contributed by atoms with Crippen molar-refractivity contribution in [1.29, 1.82) is 0 Å². The van der Waals surface area contributed by atoms with Gasteiger partial charge in [0.05, 0.1) is 25.4 Å². The van der Waals surface area contributed by atoms with Crippen molar-refractivity contribution >= 4 is 5.91 Å². The number of amides is 1. The van der Waals surface area contributed by atoms with E-state index in [0.29, 0.717) is 6.42 Å². The number of aliphatic hydroxyl groups is 5. The number of nitrogens with one attached hydrogen (secondary N) is 1. The van der Waals surface area contributed by atoms with E-state index in [4.69, 9.17) is 9.47 Å². The minimum atomic E-state index is -1.57. The van der Waals surface area contributed by atoms with E-state index in [2.05, 4.69) is 43.5 Å². The number of hydrogen-bond acceptors (Lipinski definition) is 8. The Bertz CT molecular complexity index is 1020. The largest absolute Gasteiger partial charge is 0.394 e. The van der Waals surface area contributed by atoms with Crippen molar-refractivity contribution in [3.63, 3.8) is 0 Å². The maximum absolute atomic E-state index is 13.0. The van der Waals surface area contributed by atoms with Gasteiger partial charge in [-0.1, -0.05) is 192 Å². The number of allylic oxidation sites excluding steroid dienone is 5. The number of carbonyl (C=O) groups is 1. The number of hydrogen-bond donors (Lipinski definition) is 6. The highest BCUT2D eigenvalue weighted by atomic mass is 16.7. The van der Waals surface area contributed by atoms with Gasteiger partial charge in [0.15, 0.2) is 6.29 Å². The van der Waals surface area contributed by atoms with Gasteiger partial charge in [-0.05, 0) is 57.8 Å². The van der Waals surface area contributed by atoms with Gasteiger partial charge < -0.3 is 40.3 Å². The molecule has 1 amide bonds. The highest BCUT2D eigenvalue weighted by Crippen LogP contribution is 2.23. The van der Waals surface area contributed by atoms with E-state index in [-0.39, 0.29) is 12.5 Å². The van der Waals surface area contributed by atoms with Crippen LogP contribution in [0, 0.1) is 0 Å². The summed E-state index contributed by atoms with van der Waals surface area (Å²) in [5.74, 6) is -0.187. The van der Waals surface area contributed by atoms with E-state index in [0.717, 1.165) is 38.5 Å². The van der Waals surface area contributed by atoms with Crippen molar-refractivity contribution in [3.8, 4) is 0 Å². The molecule has 0 aliphatic carbocycles. The summed E-state index contributed by atoms with van der Waals surface area (Å²) in [6.45, 7) is 3.75. The average Bonchev–Trinajstić information content (AvgIpc) is 3.23. The zero-order valence-electron chi connectivity index (χ0n) is 38.0. The Labute approximate surface area is 361 Å². The van der Waals surface area contributed by atoms with Crippen LogP contribution >= 0.6 is 0 Å². The third-order valence-electron chi connectivity index (χ3n) is 11.7. The molecule has 1 aliphatic heterocycles. The summed E-state index contributed by atoms with van der Waals surface area (Å²) in [5, 5.41) is 54.2. The van der Waals surface area contributed by atoms with Crippen molar-refractivity contribution in [3.05, 3.63) is 36.5 Å². The fraction of sp³-hybridized carbons (Fsp3) is 0.860. The Balaban J connectivity index is 2.32. The lowest BCUT2D eigenvalue weighted by molar-refractivity contribution is -0.302. The van der Waals surface area contributed by atoms with Gasteiger partial charge in [0.25, 0.3) is 0 Å². The number of rotatable bonds is 41. The molecule has 59 heavy (non-hydrogen) atoms. The number of ether oxygens (including phenoxy) is 2. The van der Waals surface area contributed by atoms with Crippen LogP contribution in [0.4, 0.5) is 0 Å². The first-order chi connectivity index (χ1) is 28.8. The predicted octanol–water partition coefficient (Wildman–Crippen LogP) is 10.8. The molecule has 0 bridgehead atoms. The summed E-state index contributed by atoms with van der Waals surface area (Å²) in [6.07, 6.45) is 43.3. The number of unbranched alkanes of at least 4 members (excludes halogenated alkanes) is 27. The van der Waals surface area contributed by atoms with Crippen molar-refractivity contribution in [2.45, 2.75) is 262 Å². The van der Waals surface area contributed by atoms with Gasteiger partial charge in [0.2, 0.25) is 5.91 Å². The molecule has 0 spiro atoms. The fourth-order valence-corrected chi connectivity index (χ4v) is 7.70. The Kier molecular flexibility index (Phi) is 38.0. The molecular formula is C50H93NO8. The molecule has 2 unspecified atom stereocenters. The Morgan fingerprint density at radius 2 is 0.966 bits per heavy atom. The van der Waals surface area contributed by atoms with Gasteiger partial charge in [-0.2, -0.15) is 0 Å². The second kappa shape index (κ2) is 40.5. The van der Waals surface area contributed by atoms with Crippen LogP contribution in [0.3, 0.4) is 0 Å². The summed E-state index contributed by atoms with van der Waals surface area (Å²) in [5.41, 5.74) is 0. The molecule has 0 aromatic carbocycles. The van der Waals surface area contributed by atoms with Crippen molar-refractivity contribution < 1.29 is 39.8 Å². The SMILES string of the molecule is CCCCCCCC/C=C/CCCCCCCCCCCCCC(=O)N[C@@H](CO[C@H]1O[C@@H](CO)[C@H](O)C(O)C1O)[C@H](O)/C=C/CC/C=C/CCCCCCCCCCC. The van der Waals surface area contributed by atoms with Crippen molar-refractivity contribution in [2.75, 3.05) is 13.2 Å². The lowest BCUT2D eigenvalue weighted by Crippen LogP contribution is -2.60. The normalized spacial score (nSPS) is 21.0. The lowest BCUT2D eigenvalue weighted by Gasteiger charge is -2.40. The number of aliphatic hydroxyl groups excluding tert-OH is 5. The zero-order valence-corrected chi connectivity index (χ0v) is 38.0. The second-order valence-electron chi connectivity index (χ2n) is 17.2. The monoisotopic (exact) mass is 836 g/mol. The van der Waals surface area contributed by atoms with Crippen LogP contribution in [0.15, 0.2) is 36.5 Å². The molecule has 1 saturated heterocycles. The molecule has 1 fully saturated rings. The molecule has 6 N–H and O–H groups in total. The molecule has 1 aliphatic rings. The van der Waals surface area contributed by atoms with Gasteiger partial charge in [-0.3, -0.25) is 4.79 Å². The summed E-state index contributed by atoms with van der Waals surface area (Å²) >= 11 is 0. The predicted molar refractivity (Wildman–Crippen MR) is 244 cm³/mol. The van der Waals surface area contributed by atoms with Crippen molar-refractivity contribution in [1.82, 2.24) is 5.32 Å². The van der Waals surface area contributed by atoms with Gasteiger partial charge in [-0.15, -0.1) is 0 Å². The molecule has 0 aromatic rings. The van der Waals surface area contributed by atoms with E-state index < -0.39 is 49.5 Å². The third-order valence-corrected chi connectivity index (χ3v) is 11.7. The summed E-state index contributed by atoms with van der Waals surface area (Å²) in [6, 6.07) is -0.820. The van der Waals surface area contributed by atoms with E-state index in [1.54, 1.807) is 6.08 Å². The average molecular weight is 836 g/mol. The topological polar surface area (TPSA) is 149 Å². The first-order valence-electron chi connectivity index (χ1n) is 24.7. The minimum absolute atomic E-state index is 0.187. The van der Waals surface area contributed by atoms with Crippen LogP contribution in [0.5, 0.6) is 0 Å². The van der Waals surface area contributed by atoms with Crippen LogP contribution in [-0.2, 0) is 14.3 Å². The smallest absolute Gasteiger partial charge is 0.220 e. The van der Waals surface area contributed by atoms with Gasteiger partial charge >= 0.3 is 0 Å². The summed E-state index contributed by atoms with van der Waals surface area (Å²) < 4.78 is 11.2. The van der Waals surface area contributed by atoms with Crippen LogP contribution in [0.2, 0.25) is 0 Å². The second-order valence-corrected chi connectivity index (χ2v) is 17.2. The highest BCUT2D eigenvalue weighted by Gasteiger charge is 2.44. The van der Waals surface area contributed by atoms with E-state index in [1.807, 2.05) is 6.08 Å².